The molecule has 5 heteroatoms. The van der Waals surface area contributed by atoms with Crippen LogP contribution in [0.4, 0.5) is 4.39 Å². The van der Waals surface area contributed by atoms with E-state index >= 15 is 0 Å². The van der Waals surface area contributed by atoms with E-state index in [2.05, 4.69) is 5.32 Å². The molecule has 0 radical (unpaired) electrons. The third-order valence-corrected chi connectivity index (χ3v) is 4.48. The van der Waals surface area contributed by atoms with Gasteiger partial charge in [-0.3, -0.25) is 9.59 Å². The number of halogens is 1. The fourth-order valence-corrected chi connectivity index (χ4v) is 2.74. The minimum Gasteiger partial charge on any atom is -0.355 e. The lowest BCUT2D eigenvalue weighted by molar-refractivity contribution is -0.125. The van der Waals surface area contributed by atoms with Crippen molar-refractivity contribution in [2.24, 2.45) is 0 Å². The van der Waals surface area contributed by atoms with Crippen molar-refractivity contribution < 1.29 is 9.18 Å². The van der Waals surface area contributed by atoms with Gasteiger partial charge in [0.05, 0.1) is 5.41 Å². The second-order valence-electron chi connectivity index (χ2n) is 6.76. The molecule has 134 valence electrons. The number of aromatic nitrogens is 1. The Hall–Kier alpha value is -2.43. The summed E-state index contributed by atoms with van der Waals surface area (Å²) in [5.41, 5.74) is 0.784. The van der Waals surface area contributed by atoms with Crippen LogP contribution in [-0.4, -0.2) is 17.0 Å². The smallest absolute Gasteiger partial charge is 0.250 e. The number of nitrogens with one attached hydrogen (secondary N) is 1. The van der Waals surface area contributed by atoms with Crippen LogP contribution in [0.5, 0.6) is 0 Å². The Bertz CT molecular complexity index is 796. The quantitative estimate of drug-likeness (QED) is 0.785. The molecule has 0 saturated carbocycles. The molecule has 1 N–H and O–H groups in total. The molecule has 0 saturated heterocycles. The predicted molar refractivity (Wildman–Crippen MR) is 97.1 cm³/mol. The molecule has 0 atom stereocenters. The molecule has 2 aromatic rings. The van der Waals surface area contributed by atoms with Crippen LogP contribution in [-0.2, 0) is 16.8 Å². The van der Waals surface area contributed by atoms with Crippen molar-refractivity contribution >= 4 is 5.91 Å². The Labute approximate surface area is 147 Å². The van der Waals surface area contributed by atoms with Gasteiger partial charge >= 0.3 is 0 Å². The van der Waals surface area contributed by atoms with E-state index in [4.69, 9.17) is 0 Å². The van der Waals surface area contributed by atoms with E-state index in [1.54, 1.807) is 42.7 Å². The number of aryl methyl sites for hydroxylation is 1. The van der Waals surface area contributed by atoms with Gasteiger partial charge in [-0.05, 0) is 57.4 Å². The van der Waals surface area contributed by atoms with Crippen molar-refractivity contribution in [2.75, 3.05) is 6.54 Å². The standard InChI is InChI=1S/C20H25FN2O2/c1-15-8-6-11-18(24)23(15)13-5-4-12-22-19(25)20(2,3)16-9-7-10-17(21)14-16/h6-11,14H,4-5,12-13H2,1-3H3,(H,22,25). The van der Waals surface area contributed by atoms with Gasteiger partial charge in [-0.15, -0.1) is 0 Å². The maximum atomic E-state index is 13.4. The molecule has 25 heavy (non-hydrogen) atoms. The number of carbonyl (C=O) groups is 1. The van der Waals surface area contributed by atoms with Crippen molar-refractivity contribution in [3.05, 3.63) is 69.9 Å². The van der Waals surface area contributed by atoms with Gasteiger partial charge in [0.25, 0.3) is 5.56 Å². The van der Waals surface area contributed by atoms with Gasteiger partial charge in [-0.2, -0.15) is 0 Å². The van der Waals surface area contributed by atoms with Crippen LogP contribution in [0, 0.1) is 12.7 Å². The number of pyridine rings is 1. The molecule has 1 aromatic heterocycles. The fourth-order valence-electron chi connectivity index (χ4n) is 2.74. The molecule has 0 fully saturated rings. The van der Waals surface area contributed by atoms with Crippen LogP contribution < -0.4 is 10.9 Å². The van der Waals surface area contributed by atoms with Crippen LogP contribution in [0.2, 0.25) is 0 Å². The third-order valence-electron chi connectivity index (χ3n) is 4.48. The lowest BCUT2D eigenvalue weighted by Crippen LogP contribution is -2.40. The van der Waals surface area contributed by atoms with Crippen LogP contribution in [0.15, 0.2) is 47.3 Å². The maximum absolute atomic E-state index is 13.4. The summed E-state index contributed by atoms with van der Waals surface area (Å²) in [6.45, 7) is 6.63. The second kappa shape index (κ2) is 8.10. The number of nitrogens with zero attached hydrogens (tertiary/aromatic N) is 1. The van der Waals surface area contributed by atoms with Crippen molar-refractivity contribution in [3.8, 4) is 0 Å². The highest BCUT2D eigenvalue weighted by atomic mass is 19.1. The van der Waals surface area contributed by atoms with Crippen LogP contribution in [0.3, 0.4) is 0 Å². The summed E-state index contributed by atoms with van der Waals surface area (Å²) >= 11 is 0. The Morgan fingerprint density at radius 3 is 2.56 bits per heavy atom. The number of unbranched alkanes of at least 4 members (excludes halogenated alkanes) is 1. The van der Waals surface area contributed by atoms with E-state index in [0.29, 0.717) is 18.7 Å². The topological polar surface area (TPSA) is 51.1 Å². The van der Waals surface area contributed by atoms with Gasteiger partial charge in [-0.25, -0.2) is 4.39 Å². The number of amides is 1. The molecule has 0 unspecified atom stereocenters. The first-order valence-electron chi connectivity index (χ1n) is 8.53. The van der Waals surface area contributed by atoms with Gasteiger partial charge in [0, 0.05) is 24.8 Å². The summed E-state index contributed by atoms with van der Waals surface area (Å²) in [6, 6.07) is 11.3. The lowest BCUT2D eigenvalue weighted by Gasteiger charge is -2.24. The van der Waals surface area contributed by atoms with E-state index in [-0.39, 0.29) is 17.3 Å². The van der Waals surface area contributed by atoms with Gasteiger partial charge in [-0.1, -0.05) is 18.2 Å². The number of carbonyl (C=O) groups excluding carboxylic acids is 1. The van der Waals surface area contributed by atoms with Crippen LogP contribution in [0.25, 0.3) is 0 Å². The first-order valence-corrected chi connectivity index (χ1v) is 8.53. The van der Waals surface area contributed by atoms with Crippen molar-refractivity contribution in [3.63, 3.8) is 0 Å². The molecule has 0 bridgehead atoms. The molecule has 0 spiro atoms. The van der Waals surface area contributed by atoms with Crippen LogP contribution in [0.1, 0.15) is 37.9 Å². The molecule has 0 aliphatic rings. The van der Waals surface area contributed by atoms with Gasteiger partial charge in [0.2, 0.25) is 5.91 Å². The zero-order valence-electron chi connectivity index (χ0n) is 15.0. The number of benzene rings is 1. The third kappa shape index (κ3) is 4.78. The first-order chi connectivity index (χ1) is 11.8. The Morgan fingerprint density at radius 1 is 1.16 bits per heavy atom. The number of hydrogen-bond acceptors (Lipinski definition) is 2. The molecule has 0 aliphatic carbocycles. The highest BCUT2D eigenvalue weighted by molar-refractivity contribution is 5.87. The molecule has 1 amide bonds. The molecule has 4 nitrogen and oxygen atoms in total. The minimum absolute atomic E-state index is 0.00345. The second-order valence-corrected chi connectivity index (χ2v) is 6.76. The highest BCUT2D eigenvalue weighted by Crippen LogP contribution is 2.23. The molecule has 0 aliphatic heterocycles. The normalized spacial score (nSPS) is 11.4. The number of rotatable bonds is 7. The van der Waals surface area contributed by atoms with E-state index in [9.17, 15) is 14.0 Å². The Balaban J connectivity index is 1.83. The molecule has 1 heterocycles. The van der Waals surface area contributed by atoms with E-state index in [1.807, 2.05) is 13.0 Å². The van der Waals surface area contributed by atoms with Gasteiger partial charge in [0.1, 0.15) is 5.82 Å². The molecular formula is C20H25FN2O2. The molecular weight excluding hydrogens is 319 g/mol. The van der Waals surface area contributed by atoms with E-state index < -0.39 is 5.41 Å². The minimum atomic E-state index is -0.797. The Morgan fingerprint density at radius 2 is 1.88 bits per heavy atom. The zero-order chi connectivity index (χ0) is 18.4. The van der Waals surface area contributed by atoms with Crippen molar-refractivity contribution in [1.29, 1.82) is 0 Å². The largest absolute Gasteiger partial charge is 0.355 e. The molecule has 1 aromatic carbocycles. The SMILES string of the molecule is Cc1cccc(=O)n1CCCCNC(=O)C(C)(C)c1cccc(F)c1. The van der Waals surface area contributed by atoms with Crippen LogP contribution >= 0.6 is 0 Å². The summed E-state index contributed by atoms with van der Waals surface area (Å²) in [5.74, 6) is -0.479. The van der Waals surface area contributed by atoms with Gasteiger partial charge < -0.3 is 9.88 Å². The lowest BCUT2D eigenvalue weighted by atomic mass is 9.83. The van der Waals surface area contributed by atoms with Gasteiger partial charge in [0.15, 0.2) is 0 Å². The average Bonchev–Trinajstić information content (AvgIpc) is 2.56. The Kier molecular flexibility index (Phi) is 6.12. The highest BCUT2D eigenvalue weighted by Gasteiger charge is 2.29. The number of hydrogen-bond donors (Lipinski definition) is 1. The van der Waals surface area contributed by atoms with E-state index in [1.165, 1.54) is 12.1 Å². The van der Waals surface area contributed by atoms with Crippen molar-refractivity contribution in [1.82, 2.24) is 9.88 Å². The summed E-state index contributed by atoms with van der Waals surface area (Å²) in [6.07, 6.45) is 1.57. The monoisotopic (exact) mass is 344 g/mol. The maximum Gasteiger partial charge on any atom is 0.250 e. The summed E-state index contributed by atoms with van der Waals surface area (Å²) in [4.78, 5) is 24.2. The first kappa shape index (κ1) is 18.9. The van der Waals surface area contributed by atoms with E-state index in [0.717, 1.165) is 18.5 Å². The predicted octanol–water partition coefficient (Wildman–Crippen LogP) is 3.17. The average molecular weight is 344 g/mol. The summed E-state index contributed by atoms with van der Waals surface area (Å²) in [7, 11) is 0. The zero-order valence-corrected chi connectivity index (χ0v) is 15.0. The summed E-state index contributed by atoms with van der Waals surface area (Å²) in [5, 5.41) is 2.91. The van der Waals surface area contributed by atoms with Crippen molar-refractivity contribution in [2.45, 2.75) is 45.6 Å². The summed E-state index contributed by atoms with van der Waals surface area (Å²) < 4.78 is 15.1. The molecule has 2 rings (SSSR count). The fraction of sp³-hybridized carbons (Fsp3) is 0.400.